The number of aliphatic hydroxyl groups excluding tert-OH is 1. The molecule has 2 unspecified atom stereocenters. The highest BCUT2D eigenvalue weighted by molar-refractivity contribution is 7.85. The predicted molar refractivity (Wildman–Crippen MR) is 148 cm³/mol. The molecule has 0 saturated heterocycles. The van der Waals surface area contributed by atoms with Crippen molar-refractivity contribution in [2.45, 2.75) is 156 Å². The average molecular weight is 526 g/mol. The van der Waals surface area contributed by atoms with Crippen molar-refractivity contribution < 1.29 is 28.0 Å². The summed E-state index contributed by atoms with van der Waals surface area (Å²) in [6, 6.07) is -0.713. The van der Waals surface area contributed by atoms with Crippen LogP contribution in [0.1, 0.15) is 144 Å². The van der Waals surface area contributed by atoms with E-state index in [9.17, 15) is 18.3 Å². The Bertz CT molecular complexity index is 540. The second-order valence-electron chi connectivity index (χ2n) is 9.81. The zero-order valence-electron chi connectivity index (χ0n) is 23.5. The van der Waals surface area contributed by atoms with Gasteiger partial charge in [0.15, 0.2) is 0 Å². The van der Waals surface area contributed by atoms with E-state index in [2.05, 4.69) is 13.8 Å². The fraction of sp³-hybridized carbons (Fsp3) is 0.963. The number of rotatable bonds is 20. The number of carboxylic acid groups (broad SMARTS) is 1. The molecule has 35 heavy (non-hydrogen) atoms. The van der Waals surface area contributed by atoms with Crippen LogP contribution in [0.2, 0.25) is 0 Å². The first-order valence-corrected chi connectivity index (χ1v) is 15.6. The molecule has 0 radical (unpaired) electrons. The maximum absolute atomic E-state index is 10.0. The van der Waals surface area contributed by atoms with Gasteiger partial charge in [-0.2, -0.15) is 8.42 Å². The lowest BCUT2D eigenvalue weighted by atomic mass is 10.0. The Kier molecular flexibility index (Phi) is 30.9. The van der Waals surface area contributed by atoms with Crippen LogP contribution in [-0.4, -0.2) is 47.1 Å². The molecule has 214 valence electrons. The van der Waals surface area contributed by atoms with Gasteiger partial charge < -0.3 is 15.9 Å². The Labute approximate surface area is 217 Å². The molecule has 0 amide bonds. The summed E-state index contributed by atoms with van der Waals surface area (Å²) in [5, 5.41) is 18.2. The first-order chi connectivity index (χ1) is 16.4. The summed E-state index contributed by atoms with van der Waals surface area (Å²) in [6.45, 7) is 9.46. The molecule has 0 aliphatic carbocycles. The zero-order chi connectivity index (χ0) is 27.5. The molecule has 5 N–H and O–H groups in total. The van der Waals surface area contributed by atoms with Gasteiger partial charge >= 0.3 is 5.97 Å². The summed E-state index contributed by atoms with van der Waals surface area (Å²) >= 11 is 0. The van der Waals surface area contributed by atoms with E-state index in [1.54, 1.807) is 13.8 Å². The fourth-order valence-corrected chi connectivity index (χ4v) is 3.28. The Morgan fingerprint density at radius 3 is 1.20 bits per heavy atom. The van der Waals surface area contributed by atoms with E-state index in [4.69, 9.17) is 15.4 Å². The van der Waals surface area contributed by atoms with Crippen molar-refractivity contribution in [3.63, 3.8) is 0 Å². The molecular weight excluding hydrogens is 466 g/mol. The van der Waals surface area contributed by atoms with Gasteiger partial charge in [0.1, 0.15) is 6.04 Å². The molecule has 0 aromatic carbocycles. The van der Waals surface area contributed by atoms with Crippen LogP contribution >= 0.6 is 0 Å². The molecule has 7 nitrogen and oxygen atoms in total. The van der Waals surface area contributed by atoms with Gasteiger partial charge in [-0.25, -0.2) is 0 Å². The summed E-state index contributed by atoms with van der Waals surface area (Å²) in [4.78, 5) is 10.0. The van der Waals surface area contributed by atoms with Crippen LogP contribution in [0.5, 0.6) is 0 Å². The molecule has 0 rings (SSSR count). The number of hydrogen-bond acceptors (Lipinski definition) is 5. The lowest BCUT2D eigenvalue weighted by molar-refractivity contribution is -0.139. The molecule has 0 heterocycles. The largest absolute Gasteiger partial charge is 0.480 e. The normalized spacial score (nSPS) is 12.8. The SMILES string of the molecule is CC(C)C(N)C(=O)O.CCCCCCCCCCCC(O)CCCCCCCC.CCS(=O)(=O)O. The monoisotopic (exact) mass is 525 g/mol. The van der Waals surface area contributed by atoms with Crippen molar-refractivity contribution in [2.75, 3.05) is 5.75 Å². The summed E-state index contributed by atoms with van der Waals surface area (Å²) in [5.41, 5.74) is 5.16. The van der Waals surface area contributed by atoms with Crippen molar-refractivity contribution in [2.24, 2.45) is 11.7 Å². The molecule has 0 aliphatic heterocycles. The molecule has 0 aromatic rings. The van der Waals surface area contributed by atoms with E-state index in [1.165, 1.54) is 103 Å². The Hall–Kier alpha value is -0.700. The molecule has 0 saturated carbocycles. The van der Waals surface area contributed by atoms with Crippen molar-refractivity contribution >= 4 is 16.1 Å². The summed E-state index contributed by atoms with van der Waals surface area (Å²) in [7, 11) is -3.66. The lowest BCUT2D eigenvalue weighted by Crippen LogP contribution is -2.34. The van der Waals surface area contributed by atoms with E-state index in [1.807, 2.05) is 0 Å². The standard InChI is InChI=1S/C20H42O.C5H11NO2.C2H6O3S/c1-3-5-7-9-11-12-13-15-17-19-20(21)18-16-14-10-8-6-4-2;1-3(2)4(6)5(7)8;1-2-6(3,4)5/h20-21H,3-19H2,1-2H3;3-4H,6H2,1-2H3,(H,7,8);2H2,1H3,(H,3,4,5). The minimum absolute atomic E-state index is 0.0208. The van der Waals surface area contributed by atoms with Crippen LogP contribution in [0, 0.1) is 5.92 Å². The van der Waals surface area contributed by atoms with Gasteiger partial charge in [0.25, 0.3) is 10.1 Å². The highest BCUT2D eigenvalue weighted by Gasteiger charge is 2.14. The second kappa shape index (κ2) is 27.9. The first-order valence-electron chi connectivity index (χ1n) is 14.0. The third-order valence-corrected chi connectivity index (χ3v) is 6.63. The van der Waals surface area contributed by atoms with Gasteiger partial charge in [-0.3, -0.25) is 9.35 Å². The molecular formula is C27H59NO6S. The van der Waals surface area contributed by atoms with Crippen molar-refractivity contribution in [3.8, 4) is 0 Å². The second-order valence-corrected chi connectivity index (χ2v) is 11.5. The zero-order valence-corrected chi connectivity index (χ0v) is 24.3. The van der Waals surface area contributed by atoms with E-state index < -0.39 is 22.1 Å². The number of nitrogens with two attached hydrogens (primary N) is 1. The van der Waals surface area contributed by atoms with Crippen LogP contribution in [0.25, 0.3) is 0 Å². The number of unbranched alkanes of at least 4 members (excludes halogenated alkanes) is 13. The highest BCUT2D eigenvalue weighted by atomic mass is 32.2. The van der Waals surface area contributed by atoms with Gasteiger partial charge in [-0.15, -0.1) is 0 Å². The van der Waals surface area contributed by atoms with Gasteiger partial charge in [0.2, 0.25) is 0 Å². The predicted octanol–water partition coefficient (Wildman–Crippen LogP) is 6.97. The molecule has 0 spiro atoms. The van der Waals surface area contributed by atoms with Crippen LogP contribution in [0.4, 0.5) is 0 Å². The highest BCUT2D eigenvalue weighted by Crippen LogP contribution is 2.14. The Balaban J connectivity index is -0.000000595. The summed E-state index contributed by atoms with van der Waals surface area (Å²) < 4.78 is 26.9. The number of carbonyl (C=O) groups is 1. The van der Waals surface area contributed by atoms with E-state index in [-0.39, 0.29) is 17.8 Å². The molecule has 2 atom stereocenters. The van der Waals surface area contributed by atoms with Gasteiger partial charge in [0.05, 0.1) is 11.9 Å². The van der Waals surface area contributed by atoms with Crippen LogP contribution in [0.3, 0.4) is 0 Å². The summed E-state index contributed by atoms with van der Waals surface area (Å²) in [5.74, 6) is -1.11. The fourth-order valence-electron chi connectivity index (χ4n) is 3.28. The van der Waals surface area contributed by atoms with Crippen molar-refractivity contribution in [3.05, 3.63) is 0 Å². The van der Waals surface area contributed by atoms with Crippen molar-refractivity contribution in [1.82, 2.24) is 0 Å². The van der Waals surface area contributed by atoms with E-state index >= 15 is 0 Å². The molecule has 0 bridgehead atoms. The number of aliphatic hydroxyl groups is 1. The van der Waals surface area contributed by atoms with Gasteiger partial charge in [-0.1, -0.05) is 124 Å². The van der Waals surface area contributed by atoms with Crippen molar-refractivity contribution in [1.29, 1.82) is 0 Å². The number of hydrogen-bond donors (Lipinski definition) is 4. The van der Waals surface area contributed by atoms with E-state index in [0.29, 0.717) is 0 Å². The van der Waals surface area contributed by atoms with E-state index in [0.717, 1.165) is 12.8 Å². The first kappa shape index (κ1) is 38.8. The summed E-state index contributed by atoms with van der Waals surface area (Å²) in [6.07, 6.45) is 22.3. The minimum Gasteiger partial charge on any atom is -0.480 e. The minimum atomic E-state index is -3.66. The average Bonchev–Trinajstić information content (AvgIpc) is 2.80. The topological polar surface area (TPSA) is 138 Å². The van der Waals surface area contributed by atoms with Crippen LogP contribution in [0.15, 0.2) is 0 Å². The van der Waals surface area contributed by atoms with Gasteiger partial charge in [-0.05, 0) is 25.7 Å². The maximum Gasteiger partial charge on any atom is 0.320 e. The van der Waals surface area contributed by atoms with Crippen LogP contribution < -0.4 is 5.73 Å². The number of aliphatic carboxylic acids is 1. The third kappa shape index (κ3) is 38.0. The third-order valence-electron chi connectivity index (χ3n) is 5.90. The Morgan fingerprint density at radius 2 is 1.00 bits per heavy atom. The lowest BCUT2D eigenvalue weighted by Gasteiger charge is -2.10. The van der Waals surface area contributed by atoms with Gasteiger partial charge in [0, 0.05) is 0 Å². The molecule has 0 aromatic heterocycles. The quantitative estimate of drug-likeness (QED) is 0.0994. The van der Waals surface area contributed by atoms with Crippen LogP contribution in [-0.2, 0) is 14.9 Å². The maximum atomic E-state index is 10.0. The smallest absolute Gasteiger partial charge is 0.320 e. The molecule has 0 fully saturated rings. The molecule has 8 heteroatoms. The molecule has 0 aliphatic rings. The number of carboxylic acids is 1. The Morgan fingerprint density at radius 1 is 0.714 bits per heavy atom.